The van der Waals surface area contributed by atoms with E-state index in [2.05, 4.69) is 58.3 Å². The van der Waals surface area contributed by atoms with Crippen LogP contribution in [0.2, 0.25) is 0 Å². The summed E-state index contributed by atoms with van der Waals surface area (Å²) in [6.45, 7) is -0.346. The van der Waals surface area contributed by atoms with Crippen molar-refractivity contribution in [3.63, 3.8) is 0 Å². The van der Waals surface area contributed by atoms with E-state index in [4.69, 9.17) is 9.47 Å². The molecule has 0 bridgehead atoms. The van der Waals surface area contributed by atoms with Crippen molar-refractivity contribution in [3.8, 4) is 11.5 Å². The molecule has 0 aliphatic rings. The maximum Gasteiger partial charge on any atom is 0.343 e. The molecule has 0 unspecified atom stereocenters. The Hall–Kier alpha value is -3.09. The number of hydrazone groups is 1. The molecule has 174 valence electrons. The number of non-ortho nitro benzene ring substituents is 1. The van der Waals surface area contributed by atoms with Gasteiger partial charge < -0.3 is 9.47 Å². The number of carbonyl (C=O) groups is 2. The van der Waals surface area contributed by atoms with Crippen molar-refractivity contribution >= 4 is 71.6 Å². The average Bonchev–Trinajstić information content (AvgIpc) is 2.79. The SMILES string of the molecule is O=C(COc1c(Br)cc(Br)cc1Br)N/N=C\c1cc([N+](=O)[O-])ccc1OC(=O)c1ccccc1. The first-order valence-corrected chi connectivity index (χ1v) is 11.8. The number of carbonyl (C=O) groups excluding carboxylic acids is 2. The van der Waals surface area contributed by atoms with E-state index >= 15 is 0 Å². The van der Waals surface area contributed by atoms with Gasteiger partial charge in [-0.25, -0.2) is 10.2 Å². The molecule has 0 fully saturated rings. The number of halogens is 3. The number of hydrogen-bond acceptors (Lipinski definition) is 7. The van der Waals surface area contributed by atoms with Crippen LogP contribution in [0.5, 0.6) is 11.5 Å². The number of nitro groups is 1. The second-order valence-electron chi connectivity index (χ2n) is 6.52. The van der Waals surface area contributed by atoms with Crippen molar-refractivity contribution in [1.82, 2.24) is 5.43 Å². The van der Waals surface area contributed by atoms with Crippen LogP contribution in [-0.4, -0.2) is 29.6 Å². The highest BCUT2D eigenvalue weighted by Crippen LogP contribution is 2.36. The normalized spacial score (nSPS) is 10.7. The molecular formula is C22H14Br3N3O6. The lowest BCUT2D eigenvalue weighted by Crippen LogP contribution is -2.24. The van der Waals surface area contributed by atoms with E-state index in [-0.39, 0.29) is 23.6 Å². The third-order valence-corrected chi connectivity index (χ3v) is 5.76. The summed E-state index contributed by atoms with van der Waals surface area (Å²) < 4.78 is 12.9. The Labute approximate surface area is 218 Å². The zero-order valence-electron chi connectivity index (χ0n) is 17.0. The molecule has 3 rings (SSSR count). The van der Waals surface area contributed by atoms with Gasteiger partial charge in [0.2, 0.25) is 0 Å². The molecule has 0 heterocycles. The first kappa shape index (κ1) is 25.5. The lowest BCUT2D eigenvalue weighted by atomic mass is 10.2. The summed E-state index contributed by atoms with van der Waals surface area (Å²) in [4.78, 5) is 35.0. The fourth-order valence-corrected chi connectivity index (χ4v) is 5.07. The predicted molar refractivity (Wildman–Crippen MR) is 135 cm³/mol. The highest BCUT2D eigenvalue weighted by atomic mass is 79.9. The number of benzene rings is 3. The topological polar surface area (TPSA) is 120 Å². The highest BCUT2D eigenvalue weighted by Gasteiger charge is 2.15. The van der Waals surface area contributed by atoms with E-state index in [1.54, 1.807) is 42.5 Å². The third kappa shape index (κ3) is 6.95. The molecule has 34 heavy (non-hydrogen) atoms. The summed E-state index contributed by atoms with van der Waals surface area (Å²) >= 11 is 10.0. The molecule has 3 aromatic rings. The fourth-order valence-electron chi connectivity index (χ4n) is 2.59. The average molecular weight is 656 g/mol. The number of nitrogens with zero attached hydrogens (tertiary/aromatic N) is 2. The zero-order chi connectivity index (χ0) is 24.7. The van der Waals surface area contributed by atoms with E-state index in [9.17, 15) is 19.7 Å². The van der Waals surface area contributed by atoms with Gasteiger partial charge in [-0.15, -0.1) is 0 Å². The van der Waals surface area contributed by atoms with Crippen molar-refractivity contribution in [2.45, 2.75) is 0 Å². The predicted octanol–water partition coefficient (Wildman–Crippen LogP) is 5.63. The van der Waals surface area contributed by atoms with Crippen LogP contribution in [0.3, 0.4) is 0 Å². The Morgan fingerprint density at radius 1 is 1.03 bits per heavy atom. The van der Waals surface area contributed by atoms with Crippen LogP contribution in [0.15, 0.2) is 79.2 Å². The smallest absolute Gasteiger partial charge is 0.343 e. The lowest BCUT2D eigenvalue weighted by molar-refractivity contribution is -0.384. The molecule has 0 atom stereocenters. The number of rotatable bonds is 8. The zero-order valence-corrected chi connectivity index (χ0v) is 21.8. The van der Waals surface area contributed by atoms with Gasteiger partial charge in [0.05, 0.1) is 25.6 Å². The van der Waals surface area contributed by atoms with Crippen molar-refractivity contribution in [3.05, 3.63) is 95.3 Å². The van der Waals surface area contributed by atoms with E-state index < -0.39 is 16.8 Å². The van der Waals surface area contributed by atoms with Crippen molar-refractivity contribution < 1.29 is 24.0 Å². The number of ether oxygens (including phenoxy) is 2. The van der Waals surface area contributed by atoms with Crippen LogP contribution in [0.1, 0.15) is 15.9 Å². The minimum atomic E-state index is -0.646. The lowest BCUT2D eigenvalue weighted by Gasteiger charge is -2.10. The molecule has 3 aromatic carbocycles. The van der Waals surface area contributed by atoms with Gasteiger partial charge in [0.15, 0.2) is 6.61 Å². The third-order valence-electron chi connectivity index (χ3n) is 4.12. The molecule has 9 nitrogen and oxygen atoms in total. The van der Waals surface area contributed by atoms with Gasteiger partial charge in [-0.3, -0.25) is 14.9 Å². The molecule has 0 aliphatic carbocycles. The Morgan fingerprint density at radius 2 is 1.71 bits per heavy atom. The minimum absolute atomic E-state index is 0.0384. The standard InChI is InChI=1S/C22H14Br3N3O6/c23-15-9-17(24)21(18(25)10-15)33-12-20(29)27-26-11-14-8-16(28(31)32)6-7-19(14)34-22(30)13-4-2-1-3-5-13/h1-11H,12H2,(H,27,29)/b26-11-. The van der Waals surface area contributed by atoms with Crippen LogP contribution < -0.4 is 14.9 Å². The molecule has 1 N–H and O–H groups in total. The van der Waals surface area contributed by atoms with Gasteiger partial charge >= 0.3 is 5.97 Å². The molecule has 12 heteroatoms. The number of nitrogens with one attached hydrogen (secondary N) is 1. The number of esters is 1. The van der Waals surface area contributed by atoms with Crippen LogP contribution in [-0.2, 0) is 4.79 Å². The van der Waals surface area contributed by atoms with Gasteiger partial charge in [-0.05, 0) is 62.2 Å². The molecule has 0 aromatic heterocycles. The van der Waals surface area contributed by atoms with Gasteiger partial charge in [0.1, 0.15) is 11.5 Å². The van der Waals surface area contributed by atoms with Crippen molar-refractivity contribution in [2.24, 2.45) is 5.10 Å². The molecular weight excluding hydrogens is 642 g/mol. The molecule has 0 saturated heterocycles. The molecule has 0 aliphatic heterocycles. The molecule has 0 radical (unpaired) electrons. The van der Waals surface area contributed by atoms with Gasteiger partial charge in [0, 0.05) is 22.2 Å². The van der Waals surface area contributed by atoms with E-state index in [1.165, 1.54) is 18.2 Å². The van der Waals surface area contributed by atoms with Crippen LogP contribution in [0, 0.1) is 10.1 Å². The summed E-state index contributed by atoms with van der Waals surface area (Å²) in [7, 11) is 0. The second kappa shape index (κ2) is 11.9. The summed E-state index contributed by atoms with van der Waals surface area (Å²) in [5, 5.41) is 14.9. The molecule has 0 spiro atoms. The van der Waals surface area contributed by atoms with Gasteiger partial charge in [0.25, 0.3) is 11.6 Å². The fraction of sp³-hybridized carbons (Fsp3) is 0.0455. The van der Waals surface area contributed by atoms with Gasteiger partial charge in [-0.1, -0.05) is 34.1 Å². The van der Waals surface area contributed by atoms with Crippen molar-refractivity contribution in [1.29, 1.82) is 0 Å². The highest BCUT2D eigenvalue weighted by molar-refractivity contribution is 9.11. The first-order chi connectivity index (χ1) is 16.2. The Bertz CT molecular complexity index is 1240. The minimum Gasteiger partial charge on any atom is -0.481 e. The Kier molecular flexibility index (Phi) is 8.91. The van der Waals surface area contributed by atoms with E-state index in [0.29, 0.717) is 20.3 Å². The second-order valence-corrected chi connectivity index (χ2v) is 9.14. The maximum atomic E-state index is 12.4. The number of nitro benzene ring substituents is 1. The van der Waals surface area contributed by atoms with E-state index in [0.717, 1.165) is 10.7 Å². The molecule has 1 amide bonds. The Morgan fingerprint density at radius 3 is 2.35 bits per heavy atom. The maximum absolute atomic E-state index is 12.4. The van der Waals surface area contributed by atoms with Crippen molar-refractivity contribution in [2.75, 3.05) is 6.61 Å². The Balaban J connectivity index is 1.70. The van der Waals surface area contributed by atoms with Gasteiger partial charge in [-0.2, -0.15) is 5.10 Å². The largest absolute Gasteiger partial charge is 0.481 e. The van der Waals surface area contributed by atoms with Crippen LogP contribution in [0.4, 0.5) is 5.69 Å². The summed E-state index contributed by atoms with van der Waals surface area (Å²) in [6.07, 6.45) is 1.14. The first-order valence-electron chi connectivity index (χ1n) is 9.39. The van der Waals surface area contributed by atoms with Crippen LogP contribution in [0.25, 0.3) is 0 Å². The number of hydrogen-bond donors (Lipinski definition) is 1. The monoisotopic (exact) mass is 653 g/mol. The summed E-state index contributed by atoms with van der Waals surface area (Å²) in [5.41, 5.74) is 2.46. The summed E-state index contributed by atoms with van der Waals surface area (Å²) in [6, 6.07) is 15.4. The van der Waals surface area contributed by atoms with Crippen LogP contribution >= 0.6 is 47.8 Å². The number of amides is 1. The summed E-state index contributed by atoms with van der Waals surface area (Å²) in [5.74, 6) is -0.758. The quantitative estimate of drug-likeness (QED) is 0.110. The molecule has 0 saturated carbocycles. The van der Waals surface area contributed by atoms with E-state index in [1.807, 2.05) is 0 Å².